The van der Waals surface area contributed by atoms with Crippen LogP contribution in [0.25, 0.3) is 11.1 Å². The van der Waals surface area contributed by atoms with Crippen LogP contribution in [0.15, 0.2) is 30.5 Å². The molecule has 1 unspecified atom stereocenters. The molecule has 1 fully saturated rings. The van der Waals surface area contributed by atoms with E-state index in [0.717, 1.165) is 29.8 Å². The van der Waals surface area contributed by atoms with Gasteiger partial charge in [-0.15, -0.1) is 0 Å². The van der Waals surface area contributed by atoms with Crippen molar-refractivity contribution in [2.24, 2.45) is 7.05 Å². The number of ether oxygens (including phenoxy) is 1. The first-order valence-corrected chi connectivity index (χ1v) is 10.2. The summed E-state index contributed by atoms with van der Waals surface area (Å²) in [6.07, 6.45) is 2.61. The summed E-state index contributed by atoms with van der Waals surface area (Å²) in [5.41, 5.74) is 12.8. The van der Waals surface area contributed by atoms with Crippen molar-refractivity contribution in [1.82, 2.24) is 19.7 Å². The molecule has 5 rings (SSSR count). The van der Waals surface area contributed by atoms with Crippen LogP contribution in [0.4, 0.5) is 5.82 Å². The van der Waals surface area contributed by atoms with Crippen molar-refractivity contribution in [3.8, 4) is 22.9 Å². The SMILES string of the molecule is Cc1ccc2c(c1)[C@@H](C)Oc1cc(cnc1N)-c1c(nn(C)c1C#N)CN1CCC21. The third-order valence-electron chi connectivity index (χ3n) is 6.22. The maximum absolute atomic E-state index is 9.77. The Balaban J connectivity index is 1.73. The van der Waals surface area contributed by atoms with Crippen LogP contribution >= 0.6 is 0 Å². The zero-order chi connectivity index (χ0) is 21.0. The van der Waals surface area contributed by atoms with E-state index in [4.69, 9.17) is 10.5 Å². The zero-order valence-corrected chi connectivity index (χ0v) is 17.4. The van der Waals surface area contributed by atoms with E-state index in [-0.39, 0.29) is 6.10 Å². The molecule has 1 saturated heterocycles. The van der Waals surface area contributed by atoms with Crippen LogP contribution < -0.4 is 10.5 Å². The Morgan fingerprint density at radius 3 is 2.83 bits per heavy atom. The fourth-order valence-electron chi connectivity index (χ4n) is 4.59. The zero-order valence-electron chi connectivity index (χ0n) is 17.4. The van der Waals surface area contributed by atoms with Gasteiger partial charge in [-0.2, -0.15) is 10.4 Å². The molecule has 2 aliphatic rings. The molecule has 0 saturated carbocycles. The van der Waals surface area contributed by atoms with Gasteiger partial charge in [-0.1, -0.05) is 23.8 Å². The summed E-state index contributed by atoms with van der Waals surface area (Å²) in [7, 11) is 1.81. The molecular weight excluding hydrogens is 376 g/mol. The van der Waals surface area contributed by atoms with Gasteiger partial charge in [0, 0.05) is 43.5 Å². The predicted molar refractivity (Wildman–Crippen MR) is 114 cm³/mol. The quantitative estimate of drug-likeness (QED) is 0.619. The Bertz CT molecular complexity index is 1190. The van der Waals surface area contributed by atoms with Gasteiger partial charge in [0.05, 0.1) is 5.69 Å². The number of hydrogen-bond acceptors (Lipinski definition) is 6. The molecule has 2 aromatic heterocycles. The Hall–Kier alpha value is -3.37. The minimum absolute atomic E-state index is 0.176. The van der Waals surface area contributed by atoms with Crippen molar-refractivity contribution >= 4 is 5.82 Å². The number of nitrogen functional groups attached to an aromatic ring is 1. The number of rotatable bonds is 0. The number of pyridine rings is 1. The number of aryl methyl sites for hydroxylation is 2. The van der Waals surface area contributed by atoms with E-state index in [1.807, 2.05) is 6.07 Å². The van der Waals surface area contributed by atoms with Crippen LogP contribution in [0, 0.1) is 18.3 Å². The third kappa shape index (κ3) is 2.84. The molecule has 4 heterocycles. The van der Waals surface area contributed by atoms with Crippen molar-refractivity contribution < 1.29 is 4.74 Å². The van der Waals surface area contributed by atoms with Crippen molar-refractivity contribution in [3.63, 3.8) is 0 Å². The lowest BCUT2D eigenvalue weighted by Crippen LogP contribution is -2.41. The summed E-state index contributed by atoms with van der Waals surface area (Å²) in [5.74, 6) is 0.864. The topological polar surface area (TPSA) is 93.0 Å². The summed E-state index contributed by atoms with van der Waals surface area (Å²) in [4.78, 5) is 6.78. The van der Waals surface area contributed by atoms with Crippen molar-refractivity contribution in [2.45, 2.75) is 39.0 Å². The standard InChI is InChI=1S/C23H24N6O/c1-13-4-5-16-17(8-13)14(2)30-21-9-15(11-26-23(21)25)22-18(12-29-7-6-19(16)29)27-28(3)20(22)10-24/h4-5,8-9,11,14,19H,6-7,12H2,1-3H3,(H2,25,26)/t14-,19?/m1/s1. The second-order valence-electron chi connectivity index (χ2n) is 8.18. The van der Waals surface area contributed by atoms with Crippen LogP contribution in [-0.2, 0) is 13.6 Å². The highest BCUT2D eigenvalue weighted by Crippen LogP contribution is 2.42. The maximum atomic E-state index is 9.77. The van der Waals surface area contributed by atoms with E-state index in [1.54, 1.807) is 17.9 Å². The molecule has 0 amide bonds. The molecule has 0 aliphatic carbocycles. The van der Waals surface area contributed by atoms with Crippen LogP contribution in [0.1, 0.15) is 53.6 Å². The number of fused-ring (bicyclic) bond motifs is 7. The van der Waals surface area contributed by atoms with Gasteiger partial charge < -0.3 is 10.5 Å². The lowest BCUT2D eigenvalue weighted by molar-refractivity contribution is 0.0777. The van der Waals surface area contributed by atoms with E-state index < -0.39 is 0 Å². The smallest absolute Gasteiger partial charge is 0.166 e. The monoisotopic (exact) mass is 400 g/mol. The van der Waals surface area contributed by atoms with Gasteiger partial charge in [0.25, 0.3) is 0 Å². The number of hydrogen-bond donors (Lipinski definition) is 1. The molecule has 7 nitrogen and oxygen atoms in total. The van der Waals surface area contributed by atoms with Gasteiger partial charge in [-0.05, 0) is 37.5 Å². The average Bonchev–Trinajstić information content (AvgIpc) is 3.02. The Kier molecular flexibility index (Phi) is 4.26. The average molecular weight is 400 g/mol. The number of benzene rings is 1. The molecule has 2 bridgehead atoms. The van der Waals surface area contributed by atoms with Gasteiger partial charge in [-0.25, -0.2) is 4.98 Å². The minimum atomic E-state index is -0.176. The number of anilines is 1. The van der Waals surface area contributed by atoms with Crippen molar-refractivity contribution in [3.05, 3.63) is 58.5 Å². The molecule has 1 aromatic carbocycles. The first-order chi connectivity index (χ1) is 14.5. The molecule has 0 spiro atoms. The molecule has 2 N–H and O–H groups in total. The van der Waals surface area contributed by atoms with Crippen molar-refractivity contribution in [1.29, 1.82) is 5.26 Å². The Labute approximate surface area is 175 Å². The minimum Gasteiger partial charge on any atom is -0.482 e. The maximum Gasteiger partial charge on any atom is 0.166 e. The van der Waals surface area contributed by atoms with Gasteiger partial charge in [0.15, 0.2) is 11.6 Å². The highest BCUT2D eigenvalue weighted by Gasteiger charge is 2.34. The number of nitrogens with zero attached hydrogens (tertiary/aromatic N) is 5. The van der Waals surface area contributed by atoms with E-state index in [1.165, 1.54) is 16.7 Å². The van der Waals surface area contributed by atoms with E-state index in [9.17, 15) is 5.26 Å². The number of nitriles is 1. The number of aromatic nitrogens is 3. The van der Waals surface area contributed by atoms with Crippen LogP contribution in [0.3, 0.4) is 0 Å². The largest absolute Gasteiger partial charge is 0.482 e. The summed E-state index contributed by atoms with van der Waals surface area (Å²) in [5, 5.41) is 14.4. The first kappa shape index (κ1) is 18.6. The lowest BCUT2D eigenvalue weighted by atomic mass is 9.87. The molecule has 2 atom stereocenters. The normalized spacial score (nSPS) is 20.3. The highest BCUT2D eigenvalue weighted by molar-refractivity contribution is 5.73. The van der Waals surface area contributed by atoms with Gasteiger partial charge >= 0.3 is 0 Å². The van der Waals surface area contributed by atoms with Gasteiger partial charge in [0.1, 0.15) is 17.9 Å². The molecular formula is C23H24N6O. The predicted octanol–water partition coefficient (Wildman–Crippen LogP) is 3.64. The molecule has 3 aromatic rings. The fourth-order valence-corrected chi connectivity index (χ4v) is 4.59. The first-order valence-electron chi connectivity index (χ1n) is 10.2. The Morgan fingerprint density at radius 1 is 1.27 bits per heavy atom. The summed E-state index contributed by atoms with van der Waals surface area (Å²) in [6.45, 7) is 5.82. The Morgan fingerprint density at radius 2 is 2.10 bits per heavy atom. The van der Waals surface area contributed by atoms with Crippen molar-refractivity contribution in [2.75, 3.05) is 12.3 Å². The van der Waals surface area contributed by atoms with Crippen LogP contribution in [0.2, 0.25) is 0 Å². The fraction of sp³-hybridized carbons (Fsp3) is 0.348. The van der Waals surface area contributed by atoms with E-state index in [0.29, 0.717) is 29.8 Å². The van der Waals surface area contributed by atoms with E-state index in [2.05, 4.69) is 53.1 Å². The molecule has 0 radical (unpaired) electrons. The van der Waals surface area contributed by atoms with Gasteiger partial charge in [0.2, 0.25) is 0 Å². The molecule has 2 aliphatic heterocycles. The molecule has 30 heavy (non-hydrogen) atoms. The lowest BCUT2D eigenvalue weighted by Gasteiger charge is -2.42. The molecule has 152 valence electrons. The summed E-state index contributed by atoms with van der Waals surface area (Å²) < 4.78 is 7.98. The highest BCUT2D eigenvalue weighted by atomic mass is 16.5. The van der Waals surface area contributed by atoms with E-state index >= 15 is 0 Å². The summed E-state index contributed by atoms with van der Waals surface area (Å²) in [6, 6.07) is 11.1. The van der Waals surface area contributed by atoms with Gasteiger partial charge in [-0.3, -0.25) is 9.58 Å². The van der Waals surface area contributed by atoms with Crippen LogP contribution in [-0.4, -0.2) is 26.2 Å². The molecule has 7 heteroatoms. The summed E-state index contributed by atoms with van der Waals surface area (Å²) >= 11 is 0. The number of nitrogens with two attached hydrogens (primary N) is 1. The van der Waals surface area contributed by atoms with Crippen LogP contribution in [0.5, 0.6) is 5.75 Å². The second-order valence-corrected chi connectivity index (χ2v) is 8.18. The second kappa shape index (κ2) is 6.85. The third-order valence-corrected chi connectivity index (χ3v) is 6.22.